The molecule has 1 aliphatic carbocycles. The van der Waals surface area contributed by atoms with Gasteiger partial charge in [0.2, 0.25) is 0 Å². The van der Waals surface area contributed by atoms with E-state index in [2.05, 4.69) is 36.4 Å². The van der Waals surface area contributed by atoms with E-state index >= 15 is 0 Å². The average molecular weight is 433 g/mol. The number of hydrogen-bond acceptors (Lipinski definition) is 5. The number of aryl methyl sites for hydroxylation is 3. The molecular formula is C25H32N6O. The van der Waals surface area contributed by atoms with E-state index in [9.17, 15) is 4.79 Å². The molecule has 0 fully saturated rings. The standard InChI is InChI=1S/C25H32N6O/c1-17(2)13-16-31-25(32)30-15-14-19(11-12-22(30)29-31)26-24-20-9-6-10-21(20)27-23(28-24)18-7-4-3-5-8-18/h3-5,7-8,17,19H,6,9-16H2,1-2H3,(H,26,27,28). The molecule has 5 rings (SSSR count). The van der Waals surface area contributed by atoms with Crippen LogP contribution in [0.1, 0.15) is 56.6 Å². The molecule has 0 spiro atoms. The Hall–Kier alpha value is -2.96. The molecule has 0 saturated heterocycles. The molecule has 7 nitrogen and oxygen atoms in total. The molecule has 1 N–H and O–H groups in total. The molecule has 2 aliphatic rings. The highest BCUT2D eigenvalue weighted by molar-refractivity contribution is 5.60. The number of benzene rings is 1. The van der Waals surface area contributed by atoms with Crippen molar-refractivity contribution < 1.29 is 0 Å². The van der Waals surface area contributed by atoms with Gasteiger partial charge in [-0.3, -0.25) is 4.57 Å². The quantitative estimate of drug-likeness (QED) is 0.640. The van der Waals surface area contributed by atoms with Gasteiger partial charge in [-0.25, -0.2) is 19.4 Å². The molecule has 32 heavy (non-hydrogen) atoms. The van der Waals surface area contributed by atoms with E-state index in [0.717, 1.165) is 68.0 Å². The van der Waals surface area contributed by atoms with Crippen LogP contribution < -0.4 is 11.0 Å². The van der Waals surface area contributed by atoms with Gasteiger partial charge in [0.15, 0.2) is 5.82 Å². The number of aromatic nitrogens is 5. The monoisotopic (exact) mass is 432 g/mol. The summed E-state index contributed by atoms with van der Waals surface area (Å²) in [6.45, 7) is 5.75. The molecule has 0 saturated carbocycles. The molecule has 0 radical (unpaired) electrons. The zero-order valence-corrected chi connectivity index (χ0v) is 19.0. The van der Waals surface area contributed by atoms with E-state index in [1.54, 1.807) is 4.68 Å². The Morgan fingerprint density at radius 3 is 2.75 bits per heavy atom. The zero-order chi connectivity index (χ0) is 22.1. The largest absolute Gasteiger partial charge is 0.367 e. The molecular weight excluding hydrogens is 400 g/mol. The summed E-state index contributed by atoms with van der Waals surface area (Å²) < 4.78 is 3.54. The Bertz CT molecular complexity index is 1150. The molecule has 0 amide bonds. The second-order valence-electron chi connectivity index (χ2n) is 9.47. The number of anilines is 1. The number of rotatable bonds is 6. The molecule has 2 aromatic heterocycles. The van der Waals surface area contributed by atoms with E-state index in [1.807, 2.05) is 22.8 Å². The second-order valence-corrected chi connectivity index (χ2v) is 9.47. The maximum Gasteiger partial charge on any atom is 0.345 e. The van der Waals surface area contributed by atoms with Crippen LogP contribution in [-0.4, -0.2) is 30.4 Å². The van der Waals surface area contributed by atoms with Crippen molar-refractivity contribution in [1.29, 1.82) is 0 Å². The van der Waals surface area contributed by atoms with Crippen LogP contribution in [0.15, 0.2) is 35.1 Å². The third-order valence-corrected chi connectivity index (χ3v) is 6.64. The summed E-state index contributed by atoms with van der Waals surface area (Å²) in [7, 11) is 0. The van der Waals surface area contributed by atoms with Gasteiger partial charge < -0.3 is 5.32 Å². The molecule has 1 unspecified atom stereocenters. The minimum Gasteiger partial charge on any atom is -0.367 e. The van der Waals surface area contributed by atoms with Gasteiger partial charge in [0, 0.05) is 42.4 Å². The lowest BCUT2D eigenvalue weighted by Gasteiger charge is -2.19. The lowest BCUT2D eigenvalue weighted by Crippen LogP contribution is -2.27. The Morgan fingerprint density at radius 1 is 1.09 bits per heavy atom. The molecule has 1 aromatic carbocycles. The van der Waals surface area contributed by atoms with Crippen LogP contribution in [0.5, 0.6) is 0 Å². The smallest absolute Gasteiger partial charge is 0.345 e. The van der Waals surface area contributed by atoms with Crippen LogP contribution in [-0.2, 0) is 32.4 Å². The summed E-state index contributed by atoms with van der Waals surface area (Å²) in [4.78, 5) is 22.6. The van der Waals surface area contributed by atoms with Crippen LogP contribution in [0.25, 0.3) is 11.4 Å². The van der Waals surface area contributed by atoms with E-state index in [0.29, 0.717) is 19.0 Å². The van der Waals surface area contributed by atoms with Crippen molar-refractivity contribution in [3.8, 4) is 11.4 Å². The maximum absolute atomic E-state index is 12.8. The van der Waals surface area contributed by atoms with Gasteiger partial charge in [-0.15, -0.1) is 0 Å². The second kappa shape index (κ2) is 8.88. The van der Waals surface area contributed by atoms with E-state index in [4.69, 9.17) is 9.97 Å². The van der Waals surface area contributed by atoms with Crippen LogP contribution in [0.3, 0.4) is 0 Å². The Kier molecular flexibility index (Phi) is 5.81. The summed E-state index contributed by atoms with van der Waals surface area (Å²) in [6, 6.07) is 10.5. The lowest BCUT2D eigenvalue weighted by atomic mass is 10.1. The summed E-state index contributed by atoms with van der Waals surface area (Å²) in [5.41, 5.74) is 3.53. The summed E-state index contributed by atoms with van der Waals surface area (Å²) in [5, 5.41) is 8.38. The molecule has 7 heteroatoms. The first-order valence-electron chi connectivity index (χ1n) is 12.0. The molecule has 1 aliphatic heterocycles. The number of fused-ring (bicyclic) bond motifs is 2. The average Bonchev–Trinajstić information content (AvgIpc) is 3.33. The van der Waals surface area contributed by atoms with Gasteiger partial charge in [-0.05, 0) is 44.4 Å². The fourth-order valence-corrected chi connectivity index (χ4v) is 4.76. The van der Waals surface area contributed by atoms with Crippen molar-refractivity contribution in [2.45, 2.75) is 77.9 Å². The fourth-order valence-electron chi connectivity index (χ4n) is 4.76. The first kappa shape index (κ1) is 20.9. The minimum absolute atomic E-state index is 0.0376. The number of nitrogens with zero attached hydrogens (tertiary/aromatic N) is 5. The SMILES string of the molecule is CC(C)CCn1nc2n(c1=O)CCC(Nc1nc(-c3ccccc3)nc3c1CCC3)CC2. The minimum atomic E-state index is 0.0376. The molecule has 1 atom stereocenters. The van der Waals surface area contributed by atoms with Gasteiger partial charge in [0.25, 0.3) is 0 Å². The van der Waals surface area contributed by atoms with Gasteiger partial charge in [0.05, 0.1) is 0 Å². The predicted molar refractivity (Wildman–Crippen MR) is 126 cm³/mol. The van der Waals surface area contributed by atoms with Crippen molar-refractivity contribution >= 4 is 5.82 Å². The Labute approximate surface area is 188 Å². The van der Waals surface area contributed by atoms with Gasteiger partial charge >= 0.3 is 5.69 Å². The van der Waals surface area contributed by atoms with Crippen LogP contribution >= 0.6 is 0 Å². The lowest BCUT2D eigenvalue weighted by molar-refractivity contribution is 0.466. The van der Waals surface area contributed by atoms with Crippen molar-refractivity contribution in [2.24, 2.45) is 5.92 Å². The third kappa shape index (κ3) is 4.20. The van der Waals surface area contributed by atoms with Gasteiger partial charge in [-0.2, -0.15) is 5.10 Å². The molecule has 3 aromatic rings. The Balaban J connectivity index is 1.34. The van der Waals surface area contributed by atoms with Crippen molar-refractivity contribution in [1.82, 2.24) is 24.3 Å². The molecule has 168 valence electrons. The van der Waals surface area contributed by atoms with Crippen LogP contribution in [0.4, 0.5) is 5.82 Å². The summed E-state index contributed by atoms with van der Waals surface area (Å²) in [5.74, 6) is 3.25. The summed E-state index contributed by atoms with van der Waals surface area (Å²) in [6.07, 6.45) is 6.79. The van der Waals surface area contributed by atoms with Crippen molar-refractivity contribution in [3.63, 3.8) is 0 Å². The fraction of sp³-hybridized carbons (Fsp3) is 0.520. The third-order valence-electron chi connectivity index (χ3n) is 6.64. The van der Waals surface area contributed by atoms with E-state index in [-0.39, 0.29) is 11.7 Å². The zero-order valence-electron chi connectivity index (χ0n) is 19.0. The van der Waals surface area contributed by atoms with E-state index < -0.39 is 0 Å². The Morgan fingerprint density at radius 2 is 1.94 bits per heavy atom. The summed E-state index contributed by atoms with van der Waals surface area (Å²) >= 11 is 0. The van der Waals surface area contributed by atoms with Gasteiger partial charge in [-0.1, -0.05) is 44.2 Å². The highest BCUT2D eigenvalue weighted by Crippen LogP contribution is 2.30. The first-order valence-corrected chi connectivity index (χ1v) is 12.0. The van der Waals surface area contributed by atoms with Crippen LogP contribution in [0.2, 0.25) is 0 Å². The predicted octanol–water partition coefficient (Wildman–Crippen LogP) is 3.85. The molecule has 0 bridgehead atoms. The van der Waals surface area contributed by atoms with Crippen molar-refractivity contribution in [2.75, 3.05) is 5.32 Å². The number of nitrogens with one attached hydrogen (secondary N) is 1. The van der Waals surface area contributed by atoms with Crippen LogP contribution in [0, 0.1) is 5.92 Å². The number of hydrogen-bond donors (Lipinski definition) is 1. The van der Waals surface area contributed by atoms with E-state index in [1.165, 1.54) is 11.3 Å². The highest BCUT2D eigenvalue weighted by Gasteiger charge is 2.25. The van der Waals surface area contributed by atoms with Crippen molar-refractivity contribution in [3.05, 3.63) is 57.9 Å². The van der Waals surface area contributed by atoms with Gasteiger partial charge in [0.1, 0.15) is 11.6 Å². The highest BCUT2D eigenvalue weighted by atomic mass is 16.2. The first-order chi connectivity index (χ1) is 15.6. The topological polar surface area (TPSA) is 77.6 Å². The maximum atomic E-state index is 12.8. The molecule has 3 heterocycles. The normalized spacial score (nSPS) is 17.8.